The summed E-state index contributed by atoms with van der Waals surface area (Å²) in [5, 5.41) is 14.3. The number of aliphatic hydroxyl groups is 1. The number of fused-ring (bicyclic) bond motifs is 2. The number of rotatable bonds is 3. The second-order valence-corrected chi connectivity index (χ2v) is 8.99. The lowest BCUT2D eigenvalue weighted by atomic mass is 9.72. The van der Waals surface area contributed by atoms with Crippen molar-refractivity contribution in [2.75, 3.05) is 19.0 Å². The minimum Gasteiger partial charge on any atom is -0.497 e. The fourth-order valence-electron chi connectivity index (χ4n) is 5.80. The highest BCUT2D eigenvalue weighted by molar-refractivity contribution is 6.08. The van der Waals surface area contributed by atoms with Crippen LogP contribution in [0.4, 0.5) is 5.69 Å². The highest BCUT2D eigenvalue weighted by Crippen LogP contribution is 2.55. The van der Waals surface area contributed by atoms with Crippen LogP contribution in [0.5, 0.6) is 5.75 Å². The first-order valence-corrected chi connectivity index (χ1v) is 11.1. The molecule has 2 atom stereocenters. The standard InChI is InChI=1S/C25H28N2O4/c1-31-18-9-7-8-17(16-18)21-25(19-10-3-4-11-20(19)26-22(25)28)14-15-27(21)23(29)24(30)12-5-2-6-13-24/h3-4,7-11,16,21,30H,2,5-6,12-15H2,1H3,(H,26,28). The van der Waals surface area contributed by atoms with Gasteiger partial charge in [0.2, 0.25) is 5.91 Å². The molecule has 2 aromatic rings. The second-order valence-electron chi connectivity index (χ2n) is 8.99. The number of carbonyl (C=O) groups is 2. The van der Waals surface area contributed by atoms with E-state index in [4.69, 9.17) is 4.74 Å². The SMILES string of the molecule is COc1cccc(C2N(C(=O)C3(O)CCCCC3)CCC23C(=O)Nc2ccccc23)c1. The minimum absolute atomic E-state index is 0.0903. The number of nitrogens with zero attached hydrogens (tertiary/aromatic N) is 1. The predicted molar refractivity (Wildman–Crippen MR) is 117 cm³/mol. The Labute approximate surface area is 182 Å². The van der Waals surface area contributed by atoms with E-state index in [1.54, 1.807) is 12.0 Å². The molecule has 2 heterocycles. The molecule has 1 saturated heterocycles. The number of hydrogen-bond acceptors (Lipinski definition) is 4. The number of methoxy groups -OCH3 is 1. The lowest BCUT2D eigenvalue weighted by Gasteiger charge is -2.39. The van der Waals surface area contributed by atoms with Crippen molar-refractivity contribution >= 4 is 17.5 Å². The number of para-hydroxylation sites is 1. The van der Waals surface area contributed by atoms with E-state index in [0.29, 0.717) is 31.6 Å². The first-order chi connectivity index (χ1) is 15.0. The maximum absolute atomic E-state index is 13.7. The van der Waals surface area contributed by atoms with Crippen LogP contribution in [0.2, 0.25) is 0 Å². The molecule has 2 unspecified atom stereocenters. The summed E-state index contributed by atoms with van der Waals surface area (Å²) in [6.45, 7) is 0.421. The number of ether oxygens (including phenoxy) is 1. The zero-order valence-electron chi connectivity index (χ0n) is 17.8. The van der Waals surface area contributed by atoms with Crippen molar-refractivity contribution in [2.45, 2.75) is 55.6 Å². The number of hydrogen-bond donors (Lipinski definition) is 2. The largest absolute Gasteiger partial charge is 0.497 e. The van der Waals surface area contributed by atoms with Gasteiger partial charge in [-0.15, -0.1) is 0 Å². The van der Waals surface area contributed by atoms with Crippen LogP contribution in [0.25, 0.3) is 0 Å². The lowest BCUT2D eigenvalue weighted by molar-refractivity contribution is -0.156. The van der Waals surface area contributed by atoms with E-state index in [1.165, 1.54) is 0 Å². The van der Waals surface area contributed by atoms with Gasteiger partial charge in [0.25, 0.3) is 5.91 Å². The third-order valence-corrected chi connectivity index (χ3v) is 7.34. The summed E-state index contributed by atoms with van der Waals surface area (Å²) >= 11 is 0. The molecule has 3 aliphatic rings. The maximum Gasteiger partial charge on any atom is 0.255 e. The van der Waals surface area contributed by atoms with Gasteiger partial charge in [-0.3, -0.25) is 9.59 Å². The maximum atomic E-state index is 13.7. The topological polar surface area (TPSA) is 78.9 Å². The molecule has 2 amide bonds. The highest BCUT2D eigenvalue weighted by atomic mass is 16.5. The van der Waals surface area contributed by atoms with Crippen LogP contribution in [0.3, 0.4) is 0 Å². The second kappa shape index (κ2) is 7.38. The van der Waals surface area contributed by atoms with E-state index >= 15 is 0 Å². The van der Waals surface area contributed by atoms with E-state index in [-0.39, 0.29) is 11.8 Å². The summed E-state index contributed by atoms with van der Waals surface area (Å²) in [5.74, 6) is 0.330. The molecule has 2 aliphatic heterocycles. The molecule has 0 bridgehead atoms. The van der Waals surface area contributed by atoms with Gasteiger partial charge in [-0.1, -0.05) is 49.6 Å². The van der Waals surface area contributed by atoms with E-state index < -0.39 is 17.1 Å². The van der Waals surface area contributed by atoms with Crippen molar-refractivity contribution in [3.63, 3.8) is 0 Å². The molecule has 2 aromatic carbocycles. The summed E-state index contributed by atoms with van der Waals surface area (Å²) < 4.78 is 5.44. The van der Waals surface area contributed by atoms with Gasteiger partial charge in [0.05, 0.1) is 13.2 Å². The fourth-order valence-corrected chi connectivity index (χ4v) is 5.80. The average Bonchev–Trinajstić information content (AvgIpc) is 3.33. The van der Waals surface area contributed by atoms with Crippen LogP contribution in [0.1, 0.15) is 55.7 Å². The Morgan fingerprint density at radius 3 is 2.65 bits per heavy atom. The first-order valence-electron chi connectivity index (χ1n) is 11.1. The van der Waals surface area contributed by atoms with Gasteiger partial charge in [-0.05, 0) is 48.6 Å². The van der Waals surface area contributed by atoms with E-state index in [1.807, 2.05) is 48.5 Å². The Kier molecular flexibility index (Phi) is 4.77. The van der Waals surface area contributed by atoms with Crippen molar-refractivity contribution in [1.82, 2.24) is 4.90 Å². The zero-order chi connectivity index (χ0) is 21.6. The van der Waals surface area contributed by atoms with E-state index in [2.05, 4.69) is 5.32 Å². The molecule has 5 rings (SSSR count). The Hall–Kier alpha value is -2.86. The minimum atomic E-state index is -1.35. The van der Waals surface area contributed by atoms with Crippen LogP contribution >= 0.6 is 0 Å². The molecule has 1 saturated carbocycles. The number of anilines is 1. The third kappa shape index (κ3) is 2.96. The van der Waals surface area contributed by atoms with Crippen molar-refractivity contribution in [3.05, 3.63) is 59.7 Å². The Morgan fingerprint density at radius 1 is 1.10 bits per heavy atom. The molecule has 162 valence electrons. The number of nitrogens with one attached hydrogen (secondary N) is 1. The molecular weight excluding hydrogens is 392 g/mol. The molecule has 6 heteroatoms. The molecule has 1 spiro atoms. The van der Waals surface area contributed by atoms with Gasteiger partial charge in [0.15, 0.2) is 0 Å². The van der Waals surface area contributed by atoms with E-state index in [0.717, 1.165) is 36.1 Å². The lowest BCUT2D eigenvalue weighted by Crippen LogP contribution is -2.52. The van der Waals surface area contributed by atoms with Gasteiger partial charge in [-0.25, -0.2) is 0 Å². The fraction of sp³-hybridized carbons (Fsp3) is 0.440. The van der Waals surface area contributed by atoms with Gasteiger partial charge >= 0.3 is 0 Å². The predicted octanol–water partition coefficient (Wildman–Crippen LogP) is 3.55. The third-order valence-electron chi connectivity index (χ3n) is 7.34. The van der Waals surface area contributed by atoms with E-state index in [9.17, 15) is 14.7 Å². The number of amides is 2. The van der Waals surface area contributed by atoms with Gasteiger partial charge in [0, 0.05) is 12.2 Å². The quantitative estimate of drug-likeness (QED) is 0.796. The monoisotopic (exact) mass is 420 g/mol. The molecule has 6 nitrogen and oxygen atoms in total. The van der Waals surface area contributed by atoms with Crippen LogP contribution in [-0.4, -0.2) is 41.1 Å². The van der Waals surface area contributed by atoms with Crippen molar-refractivity contribution < 1.29 is 19.4 Å². The summed E-state index contributed by atoms with van der Waals surface area (Å²) in [6, 6.07) is 14.8. The smallest absolute Gasteiger partial charge is 0.255 e. The van der Waals surface area contributed by atoms with Gasteiger partial charge in [0.1, 0.15) is 16.8 Å². The molecule has 0 radical (unpaired) electrons. The summed E-state index contributed by atoms with van der Waals surface area (Å²) in [4.78, 5) is 29.0. The number of carbonyl (C=O) groups excluding carboxylic acids is 2. The summed E-state index contributed by atoms with van der Waals surface area (Å²) in [6.07, 6.45) is 4.18. The normalized spacial score (nSPS) is 26.6. The molecule has 31 heavy (non-hydrogen) atoms. The number of likely N-dealkylation sites (tertiary alicyclic amines) is 1. The molecule has 1 aliphatic carbocycles. The molecule has 0 aromatic heterocycles. The van der Waals surface area contributed by atoms with Crippen LogP contribution in [0, 0.1) is 0 Å². The molecular formula is C25H28N2O4. The molecule has 2 N–H and O–H groups in total. The highest BCUT2D eigenvalue weighted by Gasteiger charge is 2.60. The Morgan fingerprint density at radius 2 is 1.87 bits per heavy atom. The van der Waals surface area contributed by atoms with Crippen LogP contribution in [-0.2, 0) is 15.0 Å². The van der Waals surface area contributed by atoms with Gasteiger partial charge in [-0.2, -0.15) is 0 Å². The Bertz CT molecular complexity index is 1030. The zero-order valence-corrected chi connectivity index (χ0v) is 17.8. The number of benzene rings is 2. The van der Waals surface area contributed by atoms with Crippen LogP contribution in [0.15, 0.2) is 48.5 Å². The van der Waals surface area contributed by atoms with Crippen molar-refractivity contribution in [1.29, 1.82) is 0 Å². The first kappa shape index (κ1) is 20.1. The Balaban J connectivity index is 1.65. The van der Waals surface area contributed by atoms with Gasteiger partial charge < -0.3 is 20.1 Å². The van der Waals surface area contributed by atoms with Crippen molar-refractivity contribution in [2.24, 2.45) is 0 Å². The average molecular weight is 421 g/mol. The van der Waals surface area contributed by atoms with Crippen molar-refractivity contribution in [3.8, 4) is 5.75 Å². The summed E-state index contributed by atoms with van der Waals surface area (Å²) in [5.41, 5.74) is 0.320. The summed E-state index contributed by atoms with van der Waals surface area (Å²) in [7, 11) is 1.61. The van der Waals surface area contributed by atoms with Crippen LogP contribution < -0.4 is 10.1 Å². The molecule has 2 fully saturated rings.